The van der Waals surface area contributed by atoms with E-state index in [1.54, 1.807) is 24.8 Å². The van der Waals surface area contributed by atoms with Gasteiger partial charge in [0.25, 0.3) is 0 Å². The van der Waals surface area contributed by atoms with E-state index in [0.717, 1.165) is 11.3 Å². The van der Waals surface area contributed by atoms with Crippen LogP contribution in [0.2, 0.25) is 0 Å². The number of halogens is 2. The molecular weight excluding hydrogens is 226 g/mol. The summed E-state index contributed by atoms with van der Waals surface area (Å²) < 4.78 is 25.9. The first kappa shape index (κ1) is 13.5. The molecule has 16 heavy (non-hydrogen) atoms. The van der Waals surface area contributed by atoms with Crippen LogP contribution < -0.4 is 0 Å². The van der Waals surface area contributed by atoms with Crippen LogP contribution in [0.1, 0.15) is 32.6 Å². The molecule has 0 fully saturated rings. The molecule has 0 aromatic rings. The Balaban J connectivity index is 2.26. The Labute approximate surface area is 100 Å². The lowest BCUT2D eigenvalue weighted by molar-refractivity contribution is 0.365. The summed E-state index contributed by atoms with van der Waals surface area (Å²) in [4.78, 5) is 0.949. The van der Waals surface area contributed by atoms with Crippen molar-refractivity contribution in [3.05, 3.63) is 35.5 Å². The summed E-state index contributed by atoms with van der Waals surface area (Å²) in [6.07, 6.45) is 6.61. The Bertz CT molecular complexity index is 294. The zero-order valence-electron chi connectivity index (χ0n) is 9.59. The minimum Gasteiger partial charge on any atom is -0.243 e. The molecule has 1 rings (SSSR count). The molecule has 0 saturated heterocycles. The topological polar surface area (TPSA) is 0 Å². The van der Waals surface area contributed by atoms with Crippen molar-refractivity contribution in [1.82, 2.24) is 0 Å². The Hall–Kier alpha value is -0.570. The van der Waals surface area contributed by atoms with E-state index in [0.29, 0.717) is 19.3 Å². The van der Waals surface area contributed by atoms with Crippen molar-refractivity contribution in [3.8, 4) is 0 Å². The number of hydrogen-bond donors (Lipinski definition) is 0. The molecule has 0 aromatic heterocycles. The van der Waals surface area contributed by atoms with E-state index >= 15 is 0 Å². The molecule has 0 nitrogen and oxygen atoms in total. The van der Waals surface area contributed by atoms with E-state index in [1.165, 1.54) is 6.08 Å². The minimum atomic E-state index is -0.827. The van der Waals surface area contributed by atoms with Gasteiger partial charge >= 0.3 is 0 Å². The molecule has 1 aliphatic rings. The standard InChI is InChI=1S/C13H18F2S/c1-3-11(14)8-7-10(2)16-13-6-4-5-12(15)9-13/h3-5,12-13H,2,6-9H2,1H3/b11-3+/t12-,13?/m0/s1. The molecule has 0 saturated carbocycles. The number of hydrogen-bond acceptors (Lipinski definition) is 1. The zero-order valence-corrected chi connectivity index (χ0v) is 10.4. The molecule has 2 atom stereocenters. The average molecular weight is 244 g/mol. The summed E-state index contributed by atoms with van der Waals surface area (Å²) >= 11 is 1.60. The summed E-state index contributed by atoms with van der Waals surface area (Å²) in [5.41, 5.74) is 0. The predicted molar refractivity (Wildman–Crippen MR) is 67.9 cm³/mol. The monoisotopic (exact) mass is 244 g/mol. The van der Waals surface area contributed by atoms with Gasteiger partial charge in [-0.2, -0.15) is 0 Å². The third kappa shape index (κ3) is 4.97. The number of rotatable bonds is 5. The number of allylic oxidation sites excluding steroid dienone is 5. The predicted octanol–water partition coefficient (Wildman–Crippen LogP) is 4.94. The summed E-state index contributed by atoms with van der Waals surface area (Å²) in [6.45, 7) is 5.59. The molecule has 3 heteroatoms. The van der Waals surface area contributed by atoms with E-state index < -0.39 is 6.17 Å². The summed E-state index contributed by atoms with van der Waals surface area (Å²) in [5.74, 6) is -0.103. The van der Waals surface area contributed by atoms with E-state index in [-0.39, 0.29) is 11.1 Å². The zero-order chi connectivity index (χ0) is 12.0. The van der Waals surface area contributed by atoms with E-state index in [2.05, 4.69) is 6.58 Å². The third-order valence-electron chi connectivity index (χ3n) is 2.52. The lowest BCUT2D eigenvalue weighted by atomic mass is 10.1. The highest BCUT2D eigenvalue weighted by Crippen LogP contribution is 2.33. The highest BCUT2D eigenvalue weighted by Gasteiger charge is 2.18. The second-order valence-electron chi connectivity index (χ2n) is 3.93. The van der Waals surface area contributed by atoms with Crippen LogP contribution in [0.4, 0.5) is 8.78 Å². The molecule has 0 aromatic carbocycles. The Morgan fingerprint density at radius 2 is 2.31 bits per heavy atom. The maximum Gasteiger partial charge on any atom is 0.119 e. The molecule has 0 heterocycles. The summed E-state index contributed by atoms with van der Waals surface area (Å²) in [6, 6.07) is 0. The molecule has 0 aliphatic heterocycles. The fourth-order valence-electron chi connectivity index (χ4n) is 1.60. The second-order valence-corrected chi connectivity index (χ2v) is 5.41. The van der Waals surface area contributed by atoms with Crippen molar-refractivity contribution >= 4 is 11.8 Å². The van der Waals surface area contributed by atoms with Gasteiger partial charge in [0.05, 0.1) is 5.83 Å². The maximum atomic E-state index is 13.1. The summed E-state index contributed by atoms with van der Waals surface area (Å²) in [7, 11) is 0. The van der Waals surface area contributed by atoms with Crippen LogP contribution in [0.5, 0.6) is 0 Å². The SMILES string of the molecule is C=C(CC/C(F)=C\C)SC1CC=C[C@H](F)C1. The van der Waals surface area contributed by atoms with Gasteiger partial charge in [0.1, 0.15) is 6.17 Å². The van der Waals surface area contributed by atoms with Crippen LogP contribution in [0.15, 0.2) is 35.5 Å². The van der Waals surface area contributed by atoms with Crippen molar-refractivity contribution in [2.75, 3.05) is 0 Å². The smallest absolute Gasteiger partial charge is 0.119 e. The van der Waals surface area contributed by atoms with Crippen molar-refractivity contribution in [1.29, 1.82) is 0 Å². The van der Waals surface area contributed by atoms with Gasteiger partial charge < -0.3 is 0 Å². The first-order chi connectivity index (χ1) is 7.61. The van der Waals surface area contributed by atoms with Gasteiger partial charge in [-0.1, -0.05) is 24.8 Å². The number of thioether (sulfide) groups is 1. The molecular formula is C13H18F2S. The van der Waals surface area contributed by atoms with Crippen molar-refractivity contribution in [2.45, 2.75) is 44.0 Å². The molecule has 0 radical (unpaired) electrons. The second kappa shape index (κ2) is 6.89. The van der Waals surface area contributed by atoms with Crippen molar-refractivity contribution in [2.24, 2.45) is 0 Å². The highest BCUT2D eigenvalue weighted by molar-refractivity contribution is 8.03. The first-order valence-electron chi connectivity index (χ1n) is 5.57. The quantitative estimate of drug-likeness (QED) is 0.617. The fourth-order valence-corrected chi connectivity index (χ4v) is 2.78. The Morgan fingerprint density at radius 3 is 2.94 bits per heavy atom. The van der Waals surface area contributed by atoms with Gasteiger partial charge in [0.15, 0.2) is 0 Å². The Morgan fingerprint density at radius 1 is 1.56 bits per heavy atom. The number of alkyl halides is 1. The van der Waals surface area contributed by atoms with Gasteiger partial charge in [-0.25, -0.2) is 8.78 Å². The third-order valence-corrected chi connectivity index (χ3v) is 3.78. The van der Waals surface area contributed by atoms with Crippen LogP contribution >= 0.6 is 11.8 Å². The van der Waals surface area contributed by atoms with Crippen molar-refractivity contribution in [3.63, 3.8) is 0 Å². The van der Waals surface area contributed by atoms with Crippen LogP contribution in [-0.2, 0) is 0 Å². The van der Waals surface area contributed by atoms with Gasteiger partial charge in [-0.15, -0.1) is 11.8 Å². The summed E-state index contributed by atoms with van der Waals surface area (Å²) in [5, 5.41) is 0.265. The molecule has 0 amide bonds. The largest absolute Gasteiger partial charge is 0.243 e. The van der Waals surface area contributed by atoms with Crippen molar-refractivity contribution < 1.29 is 8.78 Å². The molecule has 0 spiro atoms. The lowest BCUT2D eigenvalue weighted by Crippen LogP contribution is -2.13. The molecule has 0 N–H and O–H groups in total. The Kier molecular flexibility index (Phi) is 5.81. The molecule has 90 valence electrons. The van der Waals surface area contributed by atoms with E-state index in [1.807, 2.05) is 6.08 Å². The average Bonchev–Trinajstić information content (AvgIpc) is 2.26. The molecule has 1 unspecified atom stereocenters. The van der Waals surface area contributed by atoms with Gasteiger partial charge in [-0.05, 0) is 31.1 Å². The normalized spacial score (nSPS) is 25.8. The van der Waals surface area contributed by atoms with Gasteiger partial charge in [0.2, 0.25) is 0 Å². The van der Waals surface area contributed by atoms with Gasteiger partial charge in [-0.3, -0.25) is 0 Å². The lowest BCUT2D eigenvalue weighted by Gasteiger charge is -2.20. The van der Waals surface area contributed by atoms with E-state index in [4.69, 9.17) is 0 Å². The van der Waals surface area contributed by atoms with E-state index in [9.17, 15) is 8.78 Å². The van der Waals surface area contributed by atoms with Gasteiger partial charge in [0, 0.05) is 11.7 Å². The minimum absolute atomic E-state index is 0.103. The highest BCUT2D eigenvalue weighted by atomic mass is 32.2. The van der Waals surface area contributed by atoms with Crippen LogP contribution in [-0.4, -0.2) is 11.4 Å². The fraction of sp³-hybridized carbons (Fsp3) is 0.538. The maximum absolute atomic E-state index is 13.1. The first-order valence-corrected chi connectivity index (χ1v) is 6.45. The van der Waals surface area contributed by atoms with Crippen LogP contribution in [0.3, 0.4) is 0 Å². The molecule has 0 bridgehead atoms. The van der Waals surface area contributed by atoms with Crippen LogP contribution in [0.25, 0.3) is 0 Å². The van der Waals surface area contributed by atoms with Crippen LogP contribution in [0, 0.1) is 0 Å². The molecule has 1 aliphatic carbocycles.